The predicted molar refractivity (Wildman–Crippen MR) is 124 cm³/mol. The Morgan fingerprint density at radius 1 is 1.00 bits per heavy atom. The first-order valence-corrected chi connectivity index (χ1v) is 10.2. The van der Waals surface area contributed by atoms with Crippen LogP contribution in [-0.2, 0) is 9.47 Å². The molecular formula is C26H29NO3. The van der Waals surface area contributed by atoms with Crippen LogP contribution in [0.3, 0.4) is 0 Å². The van der Waals surface area contributed by atoms with Crippen molar-refractivity contribution < 1.29 is 14.3 Å². The lowest BCUT2D eigenvalue weighted by molar-refractivity contribution is 0.0600. The molecule has 0 radical (unpaired) electrons. The standard InChI is InChI=1S/C26H29NO3/c1-19(17-21(3)23-6-5-7-24(18-23)26(28)29-4)16-20(2)22-8-10-25(11-9-22)27-12-14-30-15-13-27/h5-11,16-18H,3,12-15H2,1-2,4H3. The Labute approximate surface area is 179 Å². The van der Waals surface area contributed by atoms with E-state index in [1.165, 1.54) is 23.9 Å². The van der Waals surface area contributed by atoms with E-state index < -0.39 is 0 Å². The minimum Gasteiger partial charge on any atom is -0.465 e. The van der Waals surface area contributed by atoms with Crippen molar-refractivity contribution in [2.45, 2.75) is 13.8 Å². The summed E-state index contributed by atoms with van der Waals surface area (Å²) in [7, 11) is 1.38. The topological polar surface area (TPSA) is 38.8 Å². The fourth-order valence-corrected chi connectivity index (χ4v) is 3.55. The van der Waals surface area contributed by atoms with Gasteiger partial charge in [0.15, 0.2) is 0 Å². The van der Waals surface area contributed by atoms with Crippen molar-refractivity contribution in [2.24, 2.45) is 0 Å². The third kappa shape index (κ3) is 5.49. The van der Waals surface area contributed by atoms with Crippen molar-refractivity contribution in [3.05, 3.63) is 89.5 Å². The highest BCUT2D eigenvalue weighted by Crippen LogP contribution is 2.23. The van der Waals surface area contributed by atoms with Gasteiger partial charge in [-0.25, -0.2) is 4.79 Å². The van der Waals surface area contributed by atoms with E-state index in [-0.39, 0.29) is 5.97 Å². The number of hydrogen-bond donors (Lipinski definition) is 0. The van der Waals surface area contributed by atoms with Gasteiger partial charge in [0.05, 0.1) is 25.9 Å². The number of esters is 1. The van der Waals surface area contributed by atoms with Crippen molar-refractivity contribution in [3.8, 4) is 0 Å². The lowest BCUT2D eigenvalue weighted by atomic mass is 10.00. The maximum atomic E-state index is 11.8. The smallest absolute Gasteiger partial charge is 0.337 e. The number of anilines is 1. The Kier molecular flexibility index (Phi) is 7.26. The highest BCUT2D eigenvalue weighted by molar-refractivity contribution is 5.91. The molecule has 1 fully saturated rings. The third-order valence-electron chi connectivity index (χ3n) is 5.20. The van der Waals surface area contributed by atoms with Gasteiger partial charge in [-0.1, -0.05) is 48.6 Å². The molecule has 0 spiro atoms. The second-order valence-corrected chi connectivity index (χ2v) is 7.46. The van der Waals surface area contributed by atoms with Gasteiger partial charge < -0.3 is 14.4 Å². The summed E-state index contributed by atoms with van der Waals surface area (Å²) in [6, 6.07) is 16.0. The quantitative estimate of drug-likeness (QED) is 0.480. The van der Waals surface area contributed by atoms with Gasteiger partial charge in [0.2, 0.25) is 0 Å². The molecule has 0 aromatic heterocycles. The molecule has 4 nitrogen and oxygen atoms in total. The lowest BCUT2D eigenvalue weighted by Crippen LogP contribution is -2.36. The molecule has 1 saturated heterocycles. The molecule has 30 heavy (non-hydrogen) atoms. The van der Waals surface area contributed by atoms with Gasteiger partial charge in [-0.3, -0.25) is 0 Å². The molecule has 2 aromatic rings. The molecule has 0 N–H and O–H groups in total. The van der Waals surface area contributed by atoms with E-state index in [1.807, 2.05) is 18.2 Å². The van der Waals surface area contributed by atoms with Crippen LogP contribution in [0.5, 0.6) is 0 Å². The average Bonchev–Trinajstić information content (AvgIpc) is 2.79. The monoisotopic (exact) mass is 403 g/mol. The van der Waals surface area contributed by atoms with Crippen LogP contribution in [0, 0.1) is 0 Å². The zero-order valence-corrected chi connectivity index (χ0v) is 18.0. The van der Waals surface area contributed by atoms with Crippen molar-refractivity contribution in [2.75, 3.05) is 38.3 Å². The summed E-state index contributed by atoms with van der Waals surface area (Å²) in [4.78, 5) is 14.1. The maximum Gasteiger partial charge on any atom is 0.337 e. The van der Waals surface area contributed by atoms with Crippen LogP contribution in [-0.4, -0.2) is 39.4 Å². The summed E-state index contributed by atoms with van der Waals surface area (Å²) in [6.07, 6.45) is 4.18. The number of rotatable bonds is 6. The molecule has 1 aliphatic rings. The molecule has 0 bridgehead atoms. The zero-order chi connectivity index (χ0) is 21.5. The van der Waals surface area contributed by atoms with E-state index in [1.54, 1.807) is 12.1 Å². The SMILES string of the molecule is C=C(C=C(C)C=C(C)c1ccc(N2CCOCC2)cc1)c1cccc(C(=O)OC)c1. The van der Waals surface area contributed by atoms with E-state index in [9.17, 15) is 4.79 Å². The van der Waals surface area contributed by atoms with Crippen molar-refractivity contribution in [1.82, 2.24) is 0 Å². The summed E-state index contributed by atoms with van der Waals surface area (Å²) in [5.74, 6) is -0.346. The minimum absolute atomic E-state index is 0.346. The summed E-state index contributed by atoms with van der Waals surface area (Å²) in [6.45, 7) is 11.8. The van der Waals surface area contributed by atoms with Crippen LogP contribution >= 0.6 is 0 Å². The van der Waals surface area contributed by atoms with Gasteiger partial charge in [-0.05, 0) is 60.4 Å². The van der Waals surface area contributed by atoms with Gasteiger partial charge in [0.1, 0.15) is 0 Å². The van der Waals surface area contributed by atoms with E-state index in [0.29, 0.717) is 5.56 Å². The number of carbonyl (C=O) groups excluding carboxylic acids is 1. The minimum atomic E-state index is -0.346. The molecule has 156 valence electrons. The Balaban J connectivity index is 1.71. The molecule has 1 aliphatic heterocycles. The fourth-order valence-electron chi connectivity index (χ4n) is 3.55. The van der Waals surface area contributed by atoms with E-state index in [4.69, 9.17) is 9.47 Å². The van der Waals surface area contributed by atoms with Gasteiger partial charge in [0.25, 0.3) is 0 Å². The molecular weight excluding hydrogens is 374 g/mol. The molecule has 0 atom stereocenters. The number of methoxy groups -OCH3 is 1. The van der Waals surface area contributed by atoms with Crippen LogP contribution in [0.25, 0.3) is 11.1 Å². The molecule has 0 saturated carbocycles. The normalized spacial score (nSPS) is 15.1. The maximum absolute atomic E-state index is 11.8. The Bertz CT molecular complexity index is 964. The molecule has 2 aromatic carbocycles. The third-order valence-corrected chi connectivity index (χ3v) is 5.20. The van der Waals surface area contributed by atoms with Gasteiger partial charge in [-0.15, -0.1) is 0 Å². The second-order valence-electron chi connectivity index (χ2n) is 7.46. The Morgan fingerprint density at radius 2 is 1.67 bits per heavy atom. The van der Waals surface area contributed by atoms with E-state index >= 15 is 0 Å². The largest absolute Gasteiger partial charge is 0.465 e. The van der Waals surface area contributed by atoms with Crippen LogP contribution in [0.15, 0.2) is 72.8 Å². The van der Waals surface area contributed by atoms with Gasteiger partial charge in [-0.2, -0.15) is 0 Å². The Morgan fingerprint density at radius 3 is 2.33 bits per heavy atom. The predicted octanol–water partition coefficient (Wildman–Crippen LogP) is 5.37. The fraction of sp³-hybridized carbons (Fsp3) is 0.269. The summed E-state index contributed by atoms with van der Waals surface area (Å²) in [5, 5.41) is 0. The summed E-state index contributed by atoms with van der Waals surface area (Å²) < 4.78 is 10.2. The molecule has 3 rings (SSSR count). The first-order chi connectivity index (χ1) is 14.5. The van der Waals surface area contributed by atoms with Crippen LogP contribution in [0.4, 0.5) is 5.69 Å². The number of benzene rings is 2. The number of hydrogen-bond acceptors (Lipinski definition) is 4. The summed E-state index contributed by atoms with van der Waals surface area (Å²) in [5.41, 5.74) is 6.99. The van der Waals surface area contributed by atoms with Gasteiger partial charge >= 0.3 is 5.97 Å². The van der Waals surface area contributed by atoms with Crippen LogP contribution in [0.2, 0.25) is 0 Å². The van der Waals surface area contributed by atoms with Crippen molar-refractivity contribution in [3.63, 3.8) is 0 Å². The highest BCUT2D eigenvalue weighted by atomic mass is 16.5. The number of allylic oxidation sites excluding steroid dienone is 5. The van der Waals surface area contributed by atoms with Gasteiger partial charge in [0, 0.05) is 18.8 Å². The van der Waals surface area contributed by atoms with E-state index in [0.717, 1.165) is 43.0 Å². The summed E-state index contributed by atoms with van der Waals surface area (Å²) >= 11 is 0. The Hall–Kier alpha value is -3.11. The molecule has 4 heteroatoms. The molecule has 0 unspecified atom stereocenters. The molecule has 1 heterocycles. The van der Waals surface area contributed by atoms with Crippen molar-refractivity contribution >= 4 is 22.8 Å². The zero-order valence-electron chi connectivity index (χ0n) is 18.0. The first-order valence-electron chi connectivity index (χ1n) is 10.2. The number of ether oxygens (including phenoxy) is 2. The second kappa shape index (κ2) is 10.1. The average molecular weight is 404 g/mol. The first kappa shape index (κ1) is 21.6. The van der Waals surface area contributed by atoms with Crippen LogP contribution in [0.1, 0.15) is 35.3 Å². The van der Waals surface area contributed by atoms with Crippen molar-refractivity contribution in [1.29, 1.82) is 0 Å². The molecule has 0 aliphatic carbocycles. The highest BCUT2D eigenvalue weighted by Gasteiger charge is 2.11. The van der Waals surface area contributed by atoms with Crippen LogP contribution < -0.4 is 4.90 Å². The number of carbonyl (C=O) groups is 1. The number of nitrogens with zero attached hydrogens (tertiary/aromatic N) is 1. The number of morpholine rings is 1. The lowest BCUT2D eigenvalue weighted by Gasteiger charge is -2.29. The molecule has 0 amide bonds. The van der Waals surface area contributed by atoms with E-state index in [2.05, 4.69) is 55.7 Å².